The smallest absolute Gasteiger partial charge is 0.266 e. The van der Waals surface area contributed by atoms with Crippen LogP contribution < -0.4 is 14.8 Å². The van der Waals surface area contributed by atoms with Crippen LogP contribution in [0, 0.1) is 24.1 Å². The first-order chi connectivity index (χ1) is 17.9. The topological polar surface area (TPSA) is 89.2 Å². The number of aromatic nitrogens is 2. The van der Waals surface area contributed by atoms with Gasteiger partial charge >= 0.3 is 0 Å². The van der Waals surface area contributed by atoms with Crippen LogP contribution in [0.25, 0.3) is 17.3 Å². The van der Waals surface area contributed by atoms with Crippen molar-refractivity contribution in [2.75, 3.05) is 19.5 Å². The Morgan fingerprint density at radius 1 is 1.08 bits per heavy atom. The van der Waals surface area contributed by atoms with Gasteiger partial charge in [0.15, 0.2) is 11.5 Å². The minimum absolute atomic E-state index is 0.0775. The number of ether oxygens (including phenoxy) is 2. The second-order valence-corrected chi connectivity index (χ2v) is 8.27. The molecule has 0 radical (unpaired) electrons. The van der Waals surface area contributed by atoms with Gasteiger partial charge in [0.1, 0.15) is 17.5 Å². The number of nitrogens with one attached hydrogen (secondary N) is 1. The molecule has 1 aromatic heterocycles. The van der Waals surface area contributed by atoms with Crippen LogP contribution in [0.1, 0.15) is 16.7 Å². The number of amides is 1. The quantitative estimate of drug-likeness (QED) is 0.253. The summed E-state index contributed by atoms with van der Waals surface area (Å²) >= 11 is 0. The molecule has 3 aromatic carbocycles. The lowest BCUT2D eigenvalue weighted by molar-refractivity contribution is -0.112. The summed E-state index contributed by atoms with van der Waals surface area (Å²) in [5.41, 5.74) is 4.08. The van der Waals surface area contributed by atoms with E-state index in [1.165, 1.54) is 18.2 Å². The minimum Gasteiger partial charge on any atom is -0.493 e. The second kappa shape index (κ2) is 11.2. The number of hydrogen-bond acceptors (Lipinski definition) is 5. The number of carbonyl (C=O) groups is 1. The van der Waals surface area contributed by atoms with Crippen molar-refractivity contribution in [3.8, 4) is 28.8 Å². The van der Waals surface area contributed by atoms with Gasteiger partial charge in [-0.15, -0.1) is 0 Å². The van der Waals surface area contributed by atoms with Gasteiger partial charge in [-0.05, 0) is 60.5 Å². The number of para-hydroxylation sites is 1. The van der Waals surface area contributed by atoms with Crippen LogP contribution in [0.3, 0.4) is 0 Å². The predicted molar refractivity (Wildman–Crippen MR) is 140 cm³/mol. The van der Waals surface area contributed by atoms with E-state index >= 15 is 0 Å². The van der Waals surface area contributed by atoms with Gasteiger partial charge in [0.05, 0.1) is 26.5 Å². The number of anilines is 1. The second-order valence-electron chi connectivity index (χ2n) is 8.27. The Bertz CT molecular complexity index is 1500. The highest BCUT2D eigenvalue weighted by Gasteiger charge is 2.17. The SMILES string of the molecule is COc1ccc(-c2nn(Cc3ccc(F)cc3)cc2/C=C(\C#N)C(=O)Nc2ccccc2C)cc1OC. The Labute approximate surface area is 214 Å². The Kier molecular flexibility index (Phi) is 7.65. The van der Waals surface area contributed by atoms with Crippen molar-refractivity contribution in [3.63, 3.8) is 0 Å². The number of benzene rings is 3. The number of methoxy groups -OCH3 is 2. The Balaban J connectivity index is 1.75. The molecular formula is C29H25FN4O3. The summed E-state index contributed by atoms with van der Waals surface area (Å²) in [7, 11) is 3.09. The fraction of sp³-hybridized carbons (Fsp3) is 0.138. The Hall–Kier alpha value is -4.90. The summed E-state index contributed by atoms with van der Waals surface area (Å²) in [5.74, 6) is 0.226. The fourth-order valence-electron chi connectivity index (χ4n) is 3.82. The van der Waals surface area contributed by atoms with Crippen LogP contribution >= 0.6 is 0 Å². The molecule has 0 bridgehead atoms. The van der Waals surface area contributed by atoms with E-state index in [0.29, 0.717) is 40.6 Å². The van der Waals surface area contributed by atoms with Gasteiger partial charge in [-0.1, -0.05) is 30.3 Å². The van der Waals surface area contributed by atoms with Crippen LogP contribution in [0.4, 0.5) is 10.1 Å². The number of nitriles is 1. The molecule has 0 aliphatic rings. The van der Waals surface area contributed by atoms with Crippen molar-refractivity contribution < 1.29 is 18.7 Å². The summed E-state index contributed by atoms with van der Waals surface area (Å²) in [6.07, 6.45) is 3.25. The number of nitrogens with zero attached hydrogens (tertiary/aromatic N) is 3. The molecular weight excluding hydrogens is 471 g/mol. The van der Waals surface area contributed by atoms with Crippen LogP contribution in [0.15, 0.2) is 78.5 Å². The molecule has 1 N–H and O–H groups in total. The van der Waals surface area contributed by atoms with Crippen molar-refractivity contribution in [3.05, 3.63) is 101 Å². The Morgan fingerprint density at radius 2 is 1.81 bits per heavy atom. The number of hydrogen-bond donors (Lipinski definition) is 1. The maximum atomic E-state index is 13.4. The van der Waals surface area contributed by atoms with Gasteiger partial charge in [0.2, 0.25) is 0 Å². The maximum absolute atomic E-state index is 13.4. The van der Waals surface area contributed by atoms with Crippen LogP contribution in [-0.2, 0) is 11.3 Å². The largest absolute Gasteiger partial charge is 0.493 e. The summed E-state index contributed by atoms with van der Waals surface area (Å²) in [6.45, 7) is 2.24. The molecule has 4 aromatic rings. The van der Waals surface area contributed by atoms with E-state index < -0.39 is 5.91 Å². The number of aryl methyl sites for hydroxylation is 1. The zero-order valence-corrected chi connectivity index (χ0v) is 20.7. The fourth-order valence-corrected chi connectivity index (χ4v) is 3.82. The monoisotopic (exact) mass is 496 g/mol. The van der Waals surface area contributed by atoms with E-state index in [1.54, 1.807) is 55.4 Å². The molecule has 1 heterocycles. The molecule has 0 aliphatic carbocycles. The average Bonchev–Trinajstić information content (AvgIpc) is 3.31. The van der Waals surface area contributed by atoms with Gasteiger partial charge in [-0.25, -0.2) is 4.39 Å². The standard InChI is InChI=1S/C29H25FN4O3/c1-19-6-4-5-7-25(19)32-29(35)22(16-31)14-23-18-34(17-20-8-11-24(30)12-9-20)33-28(23)21-10-13-26(36-2)27(15-21)37-3/h4-15,18H,17H2,1-3H3,(H,32,35)/b22-14+. The van der Waals surface area contributed by atoms with Crippen LogP contribution in [-0.4, -0.2) is 29.9 Å². The molecule has 1 amide bonds. The molecule has 0 aliphatic heterocycles. The van der Waals surface area contributed by atoms with Crippen molar-refractivity contribution >= 4 is 17.7 Å². The number of rotatable bonds is 8. The van der Waals surface area contributed by atoms with Crippen molar-refractivity contribution in [1.29, 1.82) is 5.26 Å². The predicted octanol–water partition coefficient (Wildman–Crippen LogP) is 5.61. The zero-order valence-electron chi connectivity index (χ0n) is 20.7. The first kappa shape index (κ1) is 25.2. The van der Waals surface area contributed by atoms with Gasteiger partial charge in [0.25, 0.3) is 5.91 Å². The first-order valence-corrected chi connectivity index (χ1v) is 11.4. The summed E-state index contributed by atoms with van der Waals surface area (Å²) in [5, 5.41) is 17.3. The van der Waals surface area contributed by atoms with Crippen molar-refractivity contribution in [2.45, 2.75) is 13.5 Å². The van der Waals surface area contributed by atoms with Gasteiger partial charge in [-0.2, -0.15) is 10.4 Å². The molecule has 0 atom stereocenters. The molecule has 0 fully saturated rings. The lowest BCUT2D eigenvalue weighted by Gasteiger charge is -2.09. The van der Waals surface area contributed by atoms with E-state index in [0.717, 1.165) is 11.1 Å². The van der Waals surface area contributed by atoms with Gasteiger partial charge in [0, 0.05) is 23.0 Å². The molecule has 7 nitrogen and oxygen atoms in total. The molecule has 0 unspecified atom stereocenters. The first-order valence-electron chi connectivity index (χ1n) is 11.4. The number of carbonyl (C=O) groups excluding carboxylic acids is 1. The highest BCUT2D eigenvalue weighted by molar-refractivity contribution is 6.10. The molecule has 0 saturated carbocycles. The molecule has 4 rings (SSSR count). The summed E-state index contributed by atoms with van der Waals surface area (Å²) < 4.78 is 25.8. The Morgan fingerprint density at radius 3 is 2.49 bits per heavy atom. The van der Waals surface area contributed by atoms with Crippen molar-refractivity contribution in [2.24, 2.45) is 0 Å². The zero-order chi connectivity index (χ0) is 26.4. The highest BCUT2D eigenvalue weighted by atomic mass is 19.1. The van der Waals surface area contributed by atoms with Gasteiger partial charge < -0.3 is 14.8 Å². The normalized spacial score (nSPS) is 11.1. The van der Waals surface area contributed by atoms with Crippen LogP contribution in [0.5, 0.6) is 11.5 Å². The summed E-state index contributed by atoms with van der Waals surface area (Å²) in [6, 6.07) is 20.8. The molecule has 0 saturated heterocycles. The van der Waals surface area contributed by atoms with E-state index in [9.17, 15) is 14.4 Å². The molecule has 186 valence electrons. The third-order valence-electron chi connectivity index (χ3n) is 5.76. The summed E-state index contributed by atoms with van der Waals surface area (Å²) in [4.78, 5) is 13.0. The van der Waals surface area contributed by atoms with E-state index in [1.807, 2.05) is 37.3 Å². The molecule has 37 heavy (non-hydrogen) atoms. The van der Waals surface area contributed by atoms with Crippen LogP contribution in [0.2, 0.25) is 0 Å². The highest BCUT2D eigenvalue weighted by Crippen LogP contribution is 2.34. The third-order valence-corrected chi connectivity index (χ3v) is 5.76. The minimum atomic E-state index is -0.527. The molecule has 8 heteroatoms. The van der Waals surface area contributed by atoms with E-state index in [4.69, 9.17) is 14.6 Å². The lowest BCUT2D eigenvalue weighted by atomic mass is 10.0. The van der Waals surface area contributed by atoms with Gasteiger partial charge in [-0.3, -0.25) is 9.48 Å². The third kappa shape index (κ3) is 5.85. The number of halogens is 1. The van der Waals surface area contributed by atoms with E-state index in [-0.39, 0.29) is 11.4 Å². The maximum Gasteiger partial charge on any atom is 0.266 e. The molecule has 0 spiro atoms. The van der Waals surface area contributed by atoms with E-state index in [2.05, 4.69) is 5.32 Å². The lowest BCUT2D eigenvalue weighted by Crippen LogP contribution is -2.14. The van der Waals surface area contributed by atoms with Crippen molar-refractivity contribution in [1.82, 2.24) is 9.78 Å². The average molecular weight is 497 g/mol.